The molecule has 0 saturated carbocycles. The molecule has 0 unspecified atom stereocenters. The van der Waals surface area contributed by atoms with E-state index < -0.39 is 0 Å². The molecule has 1 nitrogen and oxygen atoms in total. The van der Waals surface area contributed by atoms with Gasteiger partial charge in [0.2, 0.25) is 0 Å². The first kappa shape index (κ1) is 33.4. The molecule has 0 spiro atoms. The van der Waals surface area contributed by atoms with Gasteiger partial charge in [0.15, 0.2) is 0 Å². The zero-order valence-corrected chi connectivity index (χ0v) is 27.6. The molecule has 0 saturated heterocycles. The SMILES string of the molecule is C[Si]C.Cc1ccc(C=CC(=C(Oc2ccccc2)c2ccccc2)c2ccccc2)cc1.[Ti].c1ccc2[cH-]ccc2c1. The van der Waals surface area contributed by atoms with Crippen molar-refractivity contribution in [1.82, 2.24) is 0 Å². The number of fused-ring (bicyclic) bond motifs is 1. The summed E-state index contributed by atoms with van der Waals surface area (Å²) in [5.74, 6) is 1.64. The fraction of sp³-hybridized carbons (Fsp3) is 0.0750. The second-order valence-electron chi connectivity index (χ2n) is 9.79. The van der Waals surface area contributed by atoms with Crippen molar-refractivity contribution in [2.24, 2.45) is 0 Å². The first-order valence-electron chi connectivity index (χ1n) is 14.2. The topological polar surface area (TPSA) is 9.23 Å². The quantitative estimate of drug-likeness (QED) is 0.0600. The van der Waals surface area contributed by atoms with Crippen molar-refractivity contribution in [1.29, 1.82) is 0 Å². The Morgan fingerprint density at radius 2 is 1.16 bits per heavy atom. The van der Waals surface area contributed by atoms with Crippen LogP contribution in [0, 0.1) is 6.92 Å². The van der Waals surface area contributed by atoms with Gasteiger partial charge in [-0.05, 0) is 30.2 Å². The Morgan fingerprint density at radius 3 is 1.77 bits per heavy atom. The van der Waals surface area contributed by atoms with E-state index in [1.165, 1.54) is 16.3 Å². The van der Waals surface area contributed by atoms with Crippen LogP contribution in [-0.2, 0) is 21.7 Å². The number of rotatable bonds is 6. The predicted molar refractivity (Wildman–Crippen MR) is 184 cm³/mol. The van der Waals surface area contributed by atoms with Crippen molar-refractivity contribution in [3.63, 3.8) is 0 Å². The van der Waals surface area contributed by atoms with Gasteiger partial charge >= 0.3 is 0 Å². The Labute approximate surface area is 274 Å². The van der Waals surface area contributed by atoms with Gasteiger partial charge in [0, 0.05) is 42.4 Å². The minimum Gasteiger partial charge on any atom is -0.456 e. The Kier molecular flexibility index (Phi) is 14.3. The van der Waals surface area contributed by atoms with Crippen LogP contribution in [0.4, 0.5) is 0 Å². The first-order chi connectivity index (χ1) is 20.7. The van der Waals surface area contributed by atoms with E-state index in [4.69, 9.17) is 4.74 Å². The van der Waals surface area contributed by atoms with Gasteiger partial charge in [-0.25, -0.2) is 0 Å². The molecule has 0 bridgehead atoms. The molecular weight excluding hydrogens is 572 g/mol. The van der Waals surface area contributed by atoms with Crippen LogP contribution in [0.5, 0.6) is 5.75 Å². The Morgan fingerprint density at radius 1 is 0.628 bits per heavy atom. The van der Waals surface area contributed by atoms with Crippen LogP contribution >= 0.6 is 0 Å². The summed E-state index contributed by atoms with van der Waals surface area (Å²) in [5.41, 5.74) is 5.58. The number of hydrogen-bond donors (Lipinski definition) is 0. The molecule has 2 radical (unpaired) electrons. The third-order valence-corrected chi connectivity index (χ3v) is 6.40. The van der Waals surface area contributed by atoms with Crippen LogP contribution in [0.1, 0.15) is 22.3 Å². The fourth-order valence-corrected chi connectivity index (χ4v) is 4.31. The maximum absolute atomic E-state index is 6.45. The number of hydrogen-bond acceptors (Lipinski definition) is 1. The zero-order valence-electron chi connectivity index (χ0n) is 25.1. The minimum absolute atomic E-state index is 0. The summed E-state index contributed by atoms with van der Waals surface area (Å²) in [7, 11) is 1.08. The third kappa shape index (κ3) is 10.6. The normalized spacial score (nSPS) is 10.9. The van der Waals surface area contributed by atoms with E-state index in [0.717, 1.165) is 43.3 Å². The van der Waals surface area contributed by atoms with Gasteiger partial charge in [0.1, 0.15) is 11.5 Å². The average molecular weight is 610 g/mol. The van der Waals surface area contributed by atoms with Crippen LogP contribution in [0.2, 0.25) is 13.1 Å². The fourth-order valence-electron chi connectivity index (χ4n) is 4.31. The Bertz CT molecular complexity index is 1640. The molecule has 6 rings (SSSR count). The van der Waals surface area contributed by atoms with Crippen molar-refractivity contribution in [3.8, 4) is 5.75 Å². The van der Waals surface area contributed by atoms with Crippen LogP contribution in [0.15, 0.2) is 164 Å². The average Bonchev–Trinajstić information content (AvgIpc) is 3.53. The predicted octanol–water partition coefficient (Wildman–Crippen LogP) is 11.0. The smallest absolute Gasteiger partial charge is 0.142 e. The van der Waals surface area contributed by atoms with Crippen molar-refractivity contribution in [2.75, 3.05) is 0 Å². The van der Waals surface area contributed by atoms with Gasteiger partial charge in [-0.1, -0.05) is 140 Å². The number of benzene rings is 5. The van der Waals surface area contributed by atoms with E-state index in [-0.39, 0.29) is 21.7 Å². The van der Waals surface area contributed by atoms with E-state index in [9.17, 15) is 0 Å². The van der Waals surface area contributed by atoms with Gasteiger partial charge < -0.3 is 4.74 Å². The molecule has 43 heavy (non-hydrogen) atoms. The van der Waals surface area contributed by atoms with E-state index in [0.29, 0.717) is 0 Å². The van der Waals surface area contributed by atoms with E-state index >= 15 is 0 Å². The first-order valence-corrected chi connectivity index (χ1v) is 16.2. The molecular formula is C40H37OSiTi-. The number of aryl methyl sites for hydroxylation is 1. The molecule has 6 aromatic rings. The van der Waals surface area contributed by atoms with Gasteiger partial charge in [-0.15, -0.1) is 29.7 Å². The van der Waals surface area contributed by atoms with Crippen molar-refractivity contribution in [3.05, 3.63) is 186 Å². The minimum atomic E-state index is 0. The van der Waals surface area contributed by atoms with E-state index in [2.05, 4.69) is 135 Å². The summed E-state index contributed by atoms with van der Waals surface area (Å²) < 4.78 is 6.45. The molecule has 0 amide bonds. The maximum Gasteiger partial charge on any atom is 0.142 e. The van der Waals surface area contributed by atoms with Crippen LogP contribution in [0.3, 0.4) is 0 Å². The number of ether oxygens (including phenoxy) is 1. The molecule has 0 atom stereocenters. The molecule has 3 heteroatoms. The van der Waals surface area contributed by atoms with Gasteiger partial charge in [-0.2, -0.15) is 17.5 Å². The van der Waals surface area contributed by atoms with Gasteiger partial charge in [0.05, 0.1) is 0 Å². The zero-order chi connectivity index (χ0) is 29.4. The second kappa shape index (κ2) is 18.5. The van der Waals surface area contributed by atoms with Crippen LogP contribution in [-0.4, -0.2) is 9.52 Å². The number of para-hydroxylation sites is 1. The summed E-state index contributed by atoms with van der Waals surface area (Å²) in [6.45, 7) is 6.41. The molecule has 0 aliphatic heterocycles. The summed E-state index contributed by atoms with van der Waals surface area (Å²) in [6.07, 6.45) is 4.28. The summed E-state index contributed by atoms with van der Waals surface area (Å²) in [4.78, 5) is 0. The maximum atomic E-state index is 6.45. The molecule has 0 N–H and O–H groups in total. The van der Waals surface area contributed by atoms with Gasteiger partial charge in [0.25, 0.3) is 0 Å². The molecule has 0 fully saturated rings. The third-order valence-electron chi connectivity index (χ3n) is 6.40. The van der Waals surface area contributed by atoms with Crippen molar-refractivity contribution < 1.29 is 26.5 Å². The Hall–Kier alpha value is -4.08. The summed E-state index contributed by atoms with van der Waals surface area (Å²) in [5, 5.41) is 2.66. The monoisotopic (exact) mass is 609 g/mol. The van der Waals surface area contributed by atoms with Gasteiger partial charge in [-0.3, -0.25) is 0 Å². The van der Waals surface area contributed by atoms with E-state index in [1.54, 1.807) is 0 Å². The van der Waals surface area contributed by atoms with Crippen molar-refractivity contribution >= 4 is 37.7 Å². The summed E-state index contributed by atoms with van der Waals surface area (Å²) >= 11 is 0. The Balaban J connectivity index is 0.000000324. The summed E-state index contributed by atoms with van der Waals surface area (Å²) in [6, 6.07) is 53.8. The number of allylic oxidation sites excluding steroid dienone is 2. The van der Waals surface area contributed by atoms with Crippen molar-refractivity contribution in [2.45, 2.75) is 20.0 Å². The molecule has 0 heterocycles. The van der Waals surface area contributed by atoms with Crippen LogP contribution in [0.25, 0.3) is 28.2 Å². The van der Waals surface area contributed by atoms with Crippen LogP contribution < -0.4 is 4.74 Å². The largest absolute Gasteiger partial charge is 0.456 e. The molecule has 0 aliphatic rings. The standard InChI is InChI=1S/C29H24O.C9H7.C2H6Si.Ti/c1-23-17-19-24(20-18-23)21-22-28(25-11-5-2-6-12-25)29(26-13-7-3-8-14-26)30-27-15-9-4-10-16-27;1-2-5-9-7-3-6-8(9)4-1;1-3-2;/h2-22H,1H3;1-7H;1-2H3;/q;-1;;. The van der Waals surface area contributed by atoms with E-state index in [1.807, 2.05) is 54.6 Å². The second-order valence-corrected chi connectivity index (χ2v) is 10.8. The molecule has 0 aromatic heterocycles. The molecule has 212 valence electrons. The molecule has 6 aromatic carbocycles. The molecule has 0 aliphatic carbocycles.